The van der Waals surface area contributed by atoms with Gasteiger partial charge < -0.3 is 5.32 Å². The third kappa shape index (κ3) is 3.41. The summed E-state index contributed by atoms with van der Waals surface area (Å²) in [6, 6.07) is 7.15. The number of amides is 1. The lowest BCUT2D eigenvalue weighted by Crippen LogP contribution is -2.31. The smallest absolute Gasteiger partial charge is 0.328 e. The first-order valence-corrected chi connectivity index (χ1v) is 6.74. The van der Waals surface area contributed by atoms with Gasteiger partial charge in [-0.1, -0.05) is 25.1 Å². The Morgan fingerprint density at radius 1 is 1.33 bits per heavy atom. The maximum Gasteiger partial charge on any atom is 0.392 e. The number of rotatable bonds is 3. The minimum atomic E-state index is -4.36. The third-order valence-electron chi connectivity index (χ3n) is 3.03. The van der Waals surface area contributed by atoms with E-state index in [9.17, 15) is 18.0 Å². The van der Waals surface area contributed by atoms with E-state index in [2.05, 4.69) is 5.32 Å². The van der Waals surface area contributed by atoms with Crippen LogP contribution in [-0.4, -0.2) is 17.2 Å². The van der Waals surface area contributed by atoms with E-state index in [-0.39, 0.29) is 10.8 Å². The summed E-state index contributed by atoms with van der Waals surface area (Å²) in [5.74, 6) is -0.565. The molecule has 3 nitrogen and oxygen atoms in total. The van der Waals surface area contributed by atoms with Crippen molar-refractivity contribution in [2.75, 3.05) is 4.90 Å². The zero-order chi connectivity index (χ0) is 15.6. The van der Waals surface area contributed by atoms with Crippen LogP contribution >= 0.6 is 12.2 Å². The van der Waals surface area contributed by atoms with Gasteiger partial charge in [-0.2, -0.15) is 13.2 Å². The lowest BCUT2D eigenvalue weighted by molar-refractivity contribution is -0.125. The highest BCUT2D eigenvalue weighted by Crippen LogP contribution is 2.27. The molecule has 0 aromatic heterocycles. The van der Waals surface area contributed by atoms with Crippen LogP contribution in [0, 0.1) is 0 Å². The number of nitrogens with zero attached hydrogens (tertiary/aromatic N) is 1. The van der Waals surface area contributed by atoms with Crippen molar-refractivity contribution >= 4 is 28.9 Å². The van der Waals surface area contributed by atoms with Crippen molar-refractivity contribution in [2.24, 2.45) is 0 Å². The van der Waals surface area contributed by atoms with Crippen LogP contribution in [0.5, 0.6) is 0 Å². The largest absolute Gasteiger partial charge is 0.392 e. The maximum absolute atomic E-state index is 12.2. The van der Waals surface area contributed by atoms with Crippen molar-refractivity contribution < 1.29 is 18.0 Å². The van der Waals surface area contributed by atoms with Crippen LogP contribution in [0.3, 0.4) is 0 Å². The molecule has 1 fully saturated rings. The molecule has 2 rings (SSSR count). The number of thiocarbonyl (C=S) groups is 1. The minimum Gasteiger partial charge on any atom is -0.328 e. The summed E-state index contributed by atoms with van der Waals surface area (Å²) in [5, 5.41) is 2.64. The summed E-state index contributed by atoms with van der Waals surface area (Å²) >= 11 is 5.06. The minimum absolute atomic E-state index is 0.0920. The van der Waals surface area contributed by atoms with Gasteiger partial charge in [0.05, 0.1) is 12.1 Å². The summed E-state index contributed by atoms with van der Waals surface area (Å²) in [4.78, 5) is 13.5. The Balaban J connectivity index is 2.31. The highest BCUT2D eigenvalue weighted by atomic mass is 32.1. The Morgan fingerprint density at radius 2 is 2.00 bits per heavy atom. The van der Waals surface area contributed by atoms with Crippen molar-refractivity contribution in [1.82, 2.24) is 5.32 Å². The predicted octanol–water partition coefficient (Wildman–Crippen LogP) is 3.31. The number of nitrogens with one attached hydrogen (secondary N) is 1. The first kappa shape index (κ1) is 15.5. The van der Waals surface area contributed by atoms with Crippen molar-refractivity contribution in [1.29, 1.82) is 0 Å². The van der Waals surface area contributed by atoms with E-state index in [1.165, 1.54) is 4.90 Å². The summed E-state index contributed by atoms with van der Waals surface area (Å²) in [5.41, 5.74) is 1.35. The van der Waals surface area contributed by atoms with Gasteiger partial charge in [0, 0.05) is 0 Å². The summed E-state index contributed by atoms with van der Waals surface area (Å²) < 4.78 is 36.7. The number of benzene rings is 1. The number of carbonyl (C=O) groups excluding carboxylic acids is 1. The van der Waals surface area contributed by atoms with Crippen LogP contribution in [0.25, 0.3) is 0 Å². The standard InChI is InChI=1S/C14H13F3N2OS/c1-2-9-5-3-4-6-11(9)19-12(20)10(18-13(19)21)7-8-14(15,16)17/h3-7H,2,8H2,1H3,(H,18,21)/b10-7+. The average Bonchev–Trinajstić information content (AvgIpc) is 2.70. The van der Waals surface area contributed by atoms with E-state index >= 15 is 0 Å². The fourth-order valence-electron chi connectivity index (χ4n) is 2.04. The second-order valence-electron chi connectivity index (χ2n) is 4.49. The van der Waals surface area contributed by atoms with Gasteiger partial charge in [0.15, 0.2) is 5.11 Å². The van der Waals surface area contributed by atoms with Crippen LogP contribution in [0.2, 0.25) is 0 Å². The number of aryl methyl sites for hydroxylation is 1. The zero-order valence-electron chi connectivity index (χ0n) is 11.2. The van der Waals surface area contributed by atoms with Gasteiger partial charge in [-0.05, 0) is 36.3 Å². The molecule has 1 aliphatic heterocycles. The van der Waals surface area contributed by atoms with Crippen molar-refractivity contribution in [3.63, 3.8) is 0 Å². The number of halogens is 3. The number of hydrogen-bond donors (Lipinski definition) is 1. The molecule has 1 N–H and O–H groups in total. The van der Waals surface area contributed by atoms with Crippen LogP contribution in [0.1, 0.15) is 18.9 Å². The Hall–Kier alpha value is -1.89. The lowest BCUT2D eigenvalue weighted by Gasteiger charge is -2.17. The average molecular weight is 314 g/mol. The lowest BCUT2D eigenvalue weighted by atomic mass is 10.1. The molecule has 1 saturated heterocycles. The molecule has 0 aliphatic carbocycles. The summed E-state index contributed by atoms with van der Waals surface area (Å²) in [6.07, 6.45) is -4.02. The van der Waals surface area contributed by atoms with Crippen molar-refractivity contribution in [3.8, 4) is 0 Å². The van der Waals surface area contributed by atoms with Crippen molar-refractivity contribution in [3.05, 3.63) is 41.6 Å². The number of carbonyl (C=O) groups is 1. The second kappa shape index (κ2) is 5.85. The Bertz CT molecular complexity index is 610. The van der Waals surface area contributed by atoms with E-state index < -0.39 is 18.5 Å². The maximum atomic E-state index is 12.2. The first-order chi connectivity index (χ1) is 9.83. The van der Waals surface area contributed by atoms with Crippen LogP contribution in [0.15, 0.2) is 36.0 Å². The van der Waals surface area contributed by atoms with Gasteiger partial charge >= 0.3 is 6.18 Å². The molecule has 1 aliphatic rings. The third-order valence-corrected chi connectivity index (χ3v) is 3.31. The monoisotopic (exact) mass is 314 g/mol. The molecule has 21 heavy (non-hydrogen) atoms. The number of para-hydroxylation sites is 1. The van der Waals surface area contributed by atoms with E-state index in [0.717, 1.165) is 11.6 Å². The van der Waals surface area contributed by atoms with Crippen LogP contribution in [0.4, 0.5) is 18.9 Å². The molecule has 0 bridgehead atoms. The van der Waals surface area contributed by atoms with E-state index in [1.54, 1.807) is 12.1 Å². The molecule has 112 valence electrons. The number of alkyl halides is 3. The van der Waals surface area contributed by atoms with Gasteiger partial charge in [0.1, 0.15) is 5.70 Å². The molecule has 7 heteroatoms. The van der Waals surface area contributed by atoms with Crippen molar-refractivity contribution in [2.45, 2.75) is 25.9 Å². The van der Waals surface area contributed by atoms with Gasteiger partial charge in [-0.25, -0.2) is 0 Å². The normalized spacial score (nSPS) is 17.5. The quantitative estimate of drug-likeness (QED) is 0.686. The van der Waals surface area contributed by atoms with E-state index in [4.69, 9.17) is 12.2 Å². The number of hydrogen-bond acceptors (Lipinski definition) is 2. The SMILES string of the molecule is CCc1ccccc1N1C(=O)/C(=C\CC(F)(F)F)NC1=S. The molecular weight excluding hydrogens is 301 g/mol. The van der Waals surface area contributed by atoms with Gasteiger partial charge in [-0.15, -0.1) is 0 Å². The highest BCUT2D eigenvalue weighted by molar-refractivity contribution is 7.80. The molecule has 0 radical (unpaired) electrons. The topological polar surface area (TPSA) is 32.3 Å². The zero-order valence-corrected chi connectivity index (χ0v) is 12.0. The molecule has 1 amide bonds. The van der Waals surface area contributed by atoms with E-state index in [0.29, 0.717) is 12.1 Å². The highest BCUT2D eigenvalue weighted by Gasteiger charge is 2.34. The Kier molecular flexibility index (Phi) is 4.32. The van der Waals surface area contributed by atoms with Crippen LogP contribution < -0.4 is 10.2 Å². The molecule has 0 atom stereocenters. The summed E-state index contributed by atoms with van der Waals surface area (Å²) in [6.45, 7) is 1.93. The predicted molar refractivity (Wildman–Crippen MR) is 77.8 cm³/mol. The number of anilines is 1. The van der Waals surface area contributed by atoms with Gasteiger partial charge in [0.2, 0.25) is 0 Å². The fourth-order valence-corrected chi connectivity index (χ4v) is 2.33. The van der Waals surface area contributed by atoms with Gasteiger partial charge in [0.25, 0.3) is 5.91 Å². The molecular formula is C14H13F3N2OS. The molecule has 1 aromatic carbocycles. The number of allylic oxidation sites excluding steroid dienone is 1. The molecule has 0 spiro atoms. The van der Waals surface area contributed by atoms with Gasteiger partial charge in [-0.3, -0.25) is 9.69 Å². The molecule has 1 aromatic rings. The fraction of sp³-hybridized carbons (Fsp3) is 0.286. The molecule has 0 saturated carbocycles. The molecule has 1 heterocycles. The summed E-state index contributed by atoms with van der Waals surface area (Å²) in [7, 11) is 0. The van der Waals surface area contributed by atoms with Crippen LogP contribution in [-0.2, 0) is 11.2 Å². The Morgan fingerprint density at radius 3 is 2.62 bits per heavy atom. The Labute approximate surface area is 125 Å². The first-order valence-electron chi connectivity index (χ1n) is 6.33. The van der Waals surface area contributed by atoms with E-state index in [1.807, 2.05) is 19.1 Å². The molecule has 0 unspecified atom stereocenters. The second-order valence-corrected chi connectivity index (χ2v) is 4.88.